The standard InChI is InChI=1S/C12H22O11/c13-1-4-6(16)8(18)9(19)11(21-4)23-12(3-15)10(20)7(17)5(2-14)22-12/h4-11,13-20H,1-3H2/t4?,5?,6?,7?,8?,9?,10?,11?,12-/m0/s1. The largest absolute Gasteiger partial charge is 0.394 e. The van der Waals surface area contributed by atoms with Crippen LogP contribution in [0.4, 0.5) is 0 Å². The predicted octanol–water partition coefficient (Wildman–Crippen LogP) is -5.40. The zero-order valence-electron chi connectivity index (χ0n) is 12.0. The highest BCUT2D eigenvalue weighted by Gasteiger charge is 2.58. The fourth-order valence-electron chi connectivity index (χ4n) is 2.63. The Labute approximate surface area is 130 Å². The van der Waals surface area contributed by atoms with Crippen LogP contribution in [-0.4, -0.2) is 115 Å². The highest BCUT2D eigenvalue weighted by molar-refractivity contribution is 4.98. The fourth-order valence-corrected chi connectivity index (χ4v) is 2.63. The van der Waals surface area contributed by atoms with E-state index >= 15 is 0 Å². The van der Waals surface area contributed by atoms with Crippen molar-refractivity contribution in [3.8, 4) is 0 Å². The third kappa shape index (κ3) is 3.23. The van der Waals surface area contributed by atoms with E-state index in [-0.39, 0.29) is 0 Å². The van der Waals surface area contributed by atoms with Gasteiger partial charge in [0.05, 0.1) is 13.2 Å². The summed E-state index contributed by atoms with van der Waals surface area (Å²) < 4.78 is 15.4. The van der Waals surface area contributed by atoms with Crippen LogP contribution < -0.4 is 0 Å². The fraction of sp³-hybridized carbons (Fsp3) is 1.00. The van der Waals surface area contributed by atoms with Crippen molar-refractivity contribution in [2.45, 2.75) is 54.8 Å². The minimum absolute atomic E-state index is 0.669. The molecule has 0 amide bonds. The molecular weight excluding hydrogens is 320 g/mol. The van der Waals surface area contributed by atoms with Crippen molar-refractivity contribution in [3.63, 3.8) is 0 Å². The van der Waals surface area contributed by atoms with Crippen LogP contribution in [0.3, 0.4) is 0 Å². The molecule has 23 heavy (non-hydrogen) atoms. The monoisotopic (exact) mass is 342 g/mol. The molecule has 0 aromatic heterocycles. The number of ether oxygens (including phenoxy) is 3. The molecular formula is C12H22O11. The summed E-state index contributed by atoms with van der Waals surface area (Å²) in [5.41, 5.74) is 0. The molecule has 9 atom stereocenters. The maximum atomic E-state index is 10.00. The van der Waals surface area contributed by atoms with E-state index in [0.717, 1.165) is 0 Å². The number of aliphatic hydroxyl groups excluding tert-OH is 8. The lowest BCUT2D eigenvalue weighted by atomic mass is 9.99. The average Bonchev–Trinajstić information content (AvgIpc) is 2.80. The summed E-state index contributed by atoms with van der Waals surface area (Å²) in [5.74, 6) is -2.22. The van der Waals surface area contributed by atoms with Crippen LogP contribution in [0.1, 0.15) is 0 Å². The molecule has 2 rings (SSSR count). The lowest BCUT2D eigenvalue weighted by molar-refractivity contribution is -0.383. The quantitative estimate of drug-likeness (QED) is 0.238. The van der Waals surface area contributed by atoms with Gasteiger partial charge in [-0.05, 0) is 0 Å². The Morgan fingerprint density at radius 1 is 0.783 bits per heavy atom. The molecule has 2 aliphatic rings. The molecule has 8 unspecified atom stereocenters. The first-order valence-corrected chi connectivity index (χ1v) is 7.05. The summed E-state index contributed by atoms with van der Waals surface area (Å²) in [7, 11) is 0. The second-order valence-corrected chi connectivity index (χ2v) is 5.56. The Kier molecular flexibility index (Phi) is 5.92. The van der Waals surface area contributed by atoms with Gasteiger partial charge in [-0.15, -0.1) is 0 Å². The Morgan fingerprint density at radius 3 is 1.87 bits per heavy atom. The highest BCUT2D eigenvalue weighted by Crippen LogP contribution is 2.35. The van der Waals surface area contributed by atoms with E-state index in [1.807, 2.05) is 0 Å². The van der Waals surface area contributed by atoms with Crippen molar-refractivity contribution in [2.24, 2.45) is 0 Å². The van der Waals surface area contributed by atoms with E-state index in [1.54, 1.807) is 0 Å². The van der Waals surface area contributed by atoms with Gasteiger partial charge < -0.3 is 55.1 Å². The van der Waals surface area contributed by atoms with Crippen LogP contribution in [-0.2, 0) is 14.2 Å². The zero-order chi connectivity index (χ0) is 17.4. The van der Waals surface area contributed by atoms with Crippen LogP contribution >= 0.6 is 0 Å². The smallest absolute Gasteiger partial charge is 0.224 e. The molecule has 0 radical (unpaired) electrons. The molecule has 8 N–H and O–H groups in total. The van der Waals surface area contributed by atoms with E-state index < -0.39 is 74.6 Å². The summed E-state index contributed by atoms with van der Waals surface area (Å²) in [6.07, 6.45) is -12.7. The molecule has 0 aromatic carbocycles. The molecule has 136 valence electrons. The SMILES string of the molecule is OCC1OC(O[C@]2(CO)OC(CO)C(O)C2O)C(O)C(O)C1O. The zero-order valence-corrected chi connectivity index (χ0v) is 12.0. The maximum Gasteiger partial charge on any atom is 0.224 e. The minimum Gasteiger partial charge on any atom is -0.394 e. The van der Waals surface area contributed by atoms with E-state index in [4.69, 9.17) is 24.4 Å². The lowest BCUT2D eigenvalue weighted by Crippen LogP contribution is -2.62. The Morgan fingerprint density at radius 2 is 1.39 bits per heavy atom. The molecule has 2 aliphatic heterocycles. The van der Waals surface area contributed by atoms with Gasteiger partial charge in [0.1, 0.15) is 49.3 Å². The topological polar surface area (TPSA) is 190 Å². The molecule has 11 nitrogen and oxygen atoms in total. The van der Waals surface area contributed by atoms with Gasteiger partial charge in [0.15, 0.2) is 6.29 Å². The third-order valence-electron chi connectivity index (χ3n) is 4.07. The van der Waals surface area contributed by atoms with Gasteiger partial charge in [-0.3, -0.25) is 0 Å². The number of rotatable bonds is 5. The molecule has 0 aliphatic carbocycles. The average molecular weight is 342 g/mol. The Hall–Kier alpha value is -0.440. The van der Waals surface area contributed by atoms with Crippen molar-refractivity contribution in [1.82, 2.24) is 0 Å². The van der Waals surface area contributed by atoms with Crippen molar-refractivity contribution < 1.29 is 55.1 Å². The summed E-state index contributed by atoms with van der Waals surface area (Å²) in [6.45, 7) is -2.32. The molecule has 0 bridgehead atoms. The predicted molar refractivity (Wildman–Crippen MR) is 68.6 cm³/mol. The second-order valence-electron chi connectivity index (χ2n) is 5.56. The minimum atomic E-state index is -2.22. The maximum absolute atomic E-state index is 10.00. The van der Waals surface area contributed by atoms with Crippen LogP contribution in [0.5, 0.6) is 0 Å². The molecule has 2 fully saturated rings. The van der Waals surface area contributed by atoms with Crippen molar-refractivity contribution in [3.05, 3.63) is 0 Å². The number of hydrogen-bond donors (Lipinski definition) is 8. The van der Waals surface area contributed by atoms with Gasteiger partial charge in [-0.25, -0.2) is 0 Å². The molecule has 0 aromatic rings. The molecule has 11 heteroatoms. The Balaban J connectivity index is 2.18. The lowest BCUT2D eigenvalue weighted by Gasteiger charge is -2.43. The second kappa shape index (κ2) is 7.21. The molecule has 2 saturated heterocycles. The third-order valence-corrected chi connectivity index (χ3v) is 4.07. The number of aliphatic hydroxyl groups is 8. The first-order valence-electron chi connectivity index (χ1n) is 7.05. The summed E-state index contributed by atoms with van der Waals surface area (Å²) in [6, 6.07) is 0. The van der Waals surface area contributed by atoms with E-state index in [1.165, 1.54) is 0 Å². The van der Waals surface area contributed by atoms with Crippen LogP contribution in [0.2, 0.25) is 0 Å². The molecule has 0 spiro atoms. The number of hydrogen-bond acceptors (Lipinski definition) is 11. The van der Waals surface area contributed by atoms with Crippen molar-refractivity contribution >= 4 is 0 Å². The van der Waals surface area contributed by atoms with Gasteiger partial charge in [-0.1, -0.05) is 0 Å². The van der Waals surface area contributed by atoms with E-state index in [0.29, 0.717) is 0 Å². The Bertz CT molecular complexity index is 393. The van der Waals surface area contributed by atoms with Crippen molar-refractivity contribution in [2.75, 3.05) is 19.8 Å². The van der Waals surface area contributed by atoms with Gasteiger partial charge in [-0.2, -0.15) is 0 Å². The molecule has 2 heterocycles. The van der Waals surface area contributed by atoms with Crippen LogP contribution in [0.25, 0.3) is 0 Å². The normalized spacial score (nSPS) is 51.1. The van der Waals surface area contributed by atoms with Crippen LogP contribution in [0, 0.1) is 0 Å². The highest BCUT2D eigenvalue weighted by atomic mass is 16.8. The molecule has 0 saturated carbocycles. The van der Waals surface area contributed by atoms with Crippen molar-refractivity contribution in [1.29, 1.82) is 0 Å². The van der Waals surface area contributed by atoms with E-state index in [2.05, 4.69) is 0 Å². The van der Waals surface area contributed by atoms with Gasteiger partial charge in [0.25, 0.3) is 0 Å². The summed E-state index contributed by atoms with van der Waals surface area (Å²) in [4.78, 5) is 0. The first-order chi connectivity index (χ1) is 10.8. The first kappa shape index (κ1) is 18.9. The van der Waals surface area contributed by atoms with Crippen LogP contribution in [0.15, 0.2) is 0 Å². The van der Waals surface area contributed by atoms with E-state index in [9.17, 15) is 30.6 Å². The van der Waals surface area contributed by atoms with Gasteiger partial charge in [0, 0.05) is 0 Å². The summed E-state index contributed by atoms with van der Waals surface area (Å²) in [5, 5.41) is 76.7. The van der Waals surface area contributed by atoms with Gasteiger partial charge in [0.2, 0.25) is 5.79 Å². The summed E-state index contributed by atoms with van der Waals surface area (Å²) >= 11 is 0. The van der Waals surface area contributed by atoms with Gasteiger partial charge >= 0.3 is 0 Å².